The summed E-state index contributed by atoms with van der Waals surface area (Å²) in [6.45, 7) is 0. The number of hydrogen-bond acceptors (Lipinski definition) is 6. The van der Waals surface area contributed by atoms with E-state index < -0.39 is 0 Å². The van der Waals surface area contributed by atoms with Crippen molar-refractivity contribution in [2.75, 3.05) is 0 Å². The predicted molar refractivity (Wildman–Crippen MR) is 113 cm³/mol. The molecule has 0 amide bonds. The molecular formula is C22H13FN8. The fourth-order valence-electron chi connectivity index (χ4n) is 3.55. The Hall–Kier alpha value is -4.53. The highest BCUT2D eigenvalue weighted by molar-refractivity contribution is 5.95. The van der Waals surface area contributed by atoms with Crippen LogP contribution in [0.25, 0.3) is 56.1 Å². The van der Waals surface area contributed by atoms with Crippen molar-refractivity contribution in [3.63, 3.8) is 0 Å². The summed E-state index contributed by atoms with van der Waals surface area (Å²) in [4.78, 5) is 25.2. The zero-order chi connectivity index (χ0) is 20.8. The standard InChI is InChI=1S/C22H13FN8/c23-14-4-2-1-3-13(14)18-19-16(7-8-26-18)28-22(29-19)21-20-17(30-31-21)6-5-15(27-20)12-9-24-11-25-10-12/h1-11H,(H,28,29)(H,30,31). The lowest BCUT2D eigenvalue weighted by Crippen LogP contribution is -1.89. The lowest BCUT2D eigenvalue weighted by Gasteiger charge is -2.02. The van der Waals surface area contributed by atoms with E-state index in [1.165, 1.54) is 12.4 Å². The maximum atomic E-state index is 14.4. The molecule has 0 saturated heterocycles. The molecule has 5 heterocycles. The third-order valence-corrected chi connectivity index (χ3v) is 5.02. The number of nitrogens with one attached hydrogen (secondary N) is 2. The Kier molecular flexibility index (Phi) is 3.79. The summed E-state index contributed by atoms with van der Waals surface area (Å²) in [6.07, 6.45) is 6.50. The van der Waals surface area contributed by atoms with Crippen LogP contribution in [0.3, 0.4) is 0 Å². The van der Waals surface area contributed by atoms with Gasteiger partial charge in [0.15, 0.2) is 11.5 Å². The summed E-state index contributed by atoms with van der Waals surface area (Å²) in [5, 5.41) is 7.39. The molecule has 6 aromatic rings. The van der Waals surface area contributed by atoms with Crippen LogP contribution in [0.2, 0.25) is 0 Å². The average Bonchev–Trinajstić information content (AvgIpc) is 3.43. The molecule has 0 radical (unpaired) electrons. The van der Waals surface area contributed by atoms with Gasteiger partial charge in [-0.15, -0.1) is 0 Å². The first-order valence-corrected chi connectivity index (χ1v) is 9.48. The van der Waals surface area contributed by atoms with Crippen LogP contribution in [-0.4, -0.2) is 40.1 Å². The molecule has 1 aromatic carbocycles. The second-order valence-corrected chi connectivity index (χ2v) is 6.91. The number of nitrogens with zero attached hydrogens (tertiary/aromatic N) is 6. The minimum Gasteiger partial charge on any atom is -0.336 e. The van der Waals surface area contributed by atoms with E-state index in [0.29, 0.717) is 33.8 Å². The van der Waals surface area contributed by atoms with Gasteiger partial charge in [0.25, 0.3) is 0 Å². The van der Waals surface area contributed by atoms with E-state index >= 15 is 0 Å². The number of hydrogen-bond donors (Lipinski definition) is 2. The number of fused-ring (bicyclic) bond motifs is 2. The molecular weight excluding hydrogens is 395 g/mol. The molecule has 0 spiro atoms. The Bertz CT molecular complexity index is 1550. The van der Waals surface area contributed by atoms with Crippen LogP contribution in [0.5, 0.6) is 0 Å². The molecule has 0 bridgehead atoms. The second kappa shape index (κ2) is 6.77. The zero-order valence-corrected chi connectivity index (χ0v) is 15.9. The highest BCUT2D eigenvalue weighted by Crippen LogP contribution is 2.31. The molecule has 2 N–H and O–H groups in total. The Morgan fingerprint density at radius 1 is 0.806 bits per heavy atom. The first-order chi connectivity index (χ1) is 15.3. The van der Waals surface area contributed by atoms with Crippen molar-refractivity contribution in [3.05, 3.63) is 73.2 Å². The highest BCUT2D eigenvalue weighted by Gasteiger charge is 2.18. The van der Waals surface area contributed by atoms with Crippen molar-refractivity contribution in [2.24, 2.45) is 0 Å². The summed E-state index contributed by atoms with van der Waals surface area (Å²) in [7, 11) is 0. The van der Waals surface area contributed by atoms with Crippen LogP contribution < -0.4 is 0 Å². The van der Waals surface area contributed by atoms with Crippen molar-refractivity contribution >= 4 is 22.1 Å². The van der Waals surface area contributed by atoms with E-state index in [2.05, 4.69) is 30.1 Å². The van der Waals surface area contributed by atoms with Crippen LogP contribution in [-0.2, 0) is 0 Å². The topological polar surface area (TPSA) is 109 Å². The highest BCUT2D eigenvalue weighted by atomic mass is 19.1. The Labute approximate surface area is 174 Å². The molecule has 8 nitrogen and oxygen atoms in total. The first kappa shape index (κ1) is 17.3. The lowest BCUT2D eigenvalue weighted by molar-refractivity contribution is 0.631. The number of imidazole rings is 1. The van der Waals surface area contributed by atoms with E-state index in [0.717, 1.165) is 22.3 Å². The number of aromatic nitrogens is 8. The van der Waals surface area contributed by atoms with Gasteiger partial charge < -0.3 is 4.98 Å². The fourth-order valence-corrected chi connectivity index (χ4v) is 3.55. The van der Waals surface area contributed by atoms with E-state index in [1.807, 2.05) is 12.1 Å². The molecule has 0 unspecified atom stereocenters. The van der Waals surface area contributed by atoms with Crippen LogP contribution in [0.4, 0.5) is 4.39 Å². The Morgan fingerprint density at radius 2 is 1.65 bits per heavy atom. The van der Waals surface area contributed by atoms with Crippen LogP contribution in [0.15, 0.2) is 67.4 Å². The van der Waals surface area contributed by atoms with Crippen molar-refractivity contribution < 1.29 is 4.39 Å². The molecule has 0 aliphatic rings. The number of benzene rings is 1. The molecule has 0 fully saturated rings. The normalized spacial score (nSPS) is 11.4. The maximum Gasteiger partial charge on any atom is 0.161 e. The van der Waals surface area contributed by atoms with Gasteiger partial charge in [-0.2, -0.15) is 5.10 Å². The van der Waals surface area contributed by atoms with E-state index in [-0.39, 0.29) is 5.82 Å². The third-order valence-electron chi connectivity index (χ3n) is 5.02. The van der Waals surface area contributed by atoms with Crippen LogP contribution in [0.1, 0.15) is 0 Å². The average molecular weight is 408 g/mol. The molecule has 31 heavy (non-hydrogen) atoms. The molecule has 0 aliphatic heterocycles. The van der Waals surface area contributed by atoms with Gasteiger partial charge in [0.05, 0.1) is 16.7 Å². The van der Waals surface area contributed by atoms with Gasteiger partial charge in [0, 0.05) is 29.7 Å². The fraction of sp³-hybridized carbons (Fsp3) is 0. The Balaban J connectivity index is 1.53. The summed E-state index contributed by atoms with van der Waals surface area (Å²) in [5.74, 6) is 0.162. The maximum absolute atomic E-state index is 14.4. The van der Waals surface area contributed by atoms with E-state index in [9.17, 15) is 4.39 Å². The number of aromatic amines is 2. The van der Waals surface area contributed by atoms with Crippen LogP contribution in [0, 0.1) is 5.82 Å². The molecule has 9 heteroatoms. The minimum absolute atomic E-state index is 0.353. The van der Waals surface area contributed by atoms with Crippen molar-refractivity contribution in [3.8, 4) is 34.0 Å². The van der Waals surface area contributed by atoms with Gasteiger partial charge in [0.1, 0.15) is 28.9 Å². The summed E-state index contributed by atoms with van der Waals surface area (Å²) >= 11 is 0. The minimum atomic E-state index is -0.353. The second-order valence-electron chi connectivity index (χ2n) is 6.91. The van der Waals surface area contributed by atoms with Gasteiger partial charge >= 0.3 is 0 Å². The quantitative estimate of drug-likeness (QED) is 0.455. The van der Waals surface area contributed by atoms with Gasteiger partial charge in [-0.05, 0) is 30.3 Å². The van der Waals surface area contributed by atoms with Crippen LogP contribution >= 0.6 is 0 Å². The lowest BCUT2D eigenvalue weighted by atomic mass is 10.1. The smallest absolute Gasteiger partial charge is 0.161 e. The van der Waals surface area contributed by atoms with Gasteiger partial charge in [-0.1, -0.05) is 12.1 Å². The van der Waals surface area contributed by atoms with Crippen molar-refractivity contribution in [2.45, 2.75) is 0 Å². The third kappa shape index (κ3) is 2.83. The number of halogens is 1. The van der Waals surface area contributed by atoms with E-state index in [1.54, 1.807) is 42.9 Å². The molecule has 0 saturated carbocycles. The summed E-state index contributed by atoms with van der Waals surface area (Å²) in [5.41, 5.74) is 5.65. The van der Waals surface area contributed by atoms with Gasteiger partial charge in [-0.3, -0.25) is 10.1 Å². The SMILES string of the molecule is Fc1ccccc1-c1nccc2[nH]c(-c3n[nH]c4ccc(-c5cncnc5)nc34)nc12. The Morgan fingerprint density at radius 3 is 2.52 bits per heavy atom. The molecule has 148 valence electrons. The molecule has 5 aromatic heterocycles. The number of pyridine rings is 2. The molecule has 0 aliphatic carbocycles. The summed E-state index contributed by atoms with van der Waals surface area (Å²) in [6, 6.07) is 12.1. The predicted octanol–water partition coefficient (Wildman–Crippen LogP) is 4.16. The largest absolute Gasteiger partial charge is 0.336 e. The summed E-state index contributed by atoms with van der Waals surface area (Å²) < 4.78 is 14.4. The first-order valence-electron chi connectivity index (χ1n) is 9.48. The van der Waals surface area contributed by atoms with Gasteiger partial charge in [-0.25, -0.2) is 24.3 Å². The van der Waals surface area contributed by atoms with E-state index in [4.69, 9.17) is 9.97 Å². The number of H-pyrrole nitrogens is 2. The number of rotatable bonds is 3. The molecule has 0 atom stereocenters. The zero-order valence-electron chi connectivity index (χ0n) is 15.9. The van der Waals surface area contributed by atoms with Gasteiger partial charge in [0.2, 0.25) is 0 Å². The van der Waals surface area contributed by atoms with Crippen molar-refractivity contribution in [1.82, 2.24) is 40.1 Å². The monoisotopic (exact) mass is 408 g/mol. The molecule has 6 rings (SSSR count). The van der Waals surface area contributed by atoms with Crippen molar-refractivity contribution in [1.29, 1.82) is 0 Å².